The fourth-order valence-electron chi connectivity index (χ4n) is 7.85. The van der Waals surface area contributed by atoms with Crippen molar-refractivity contribution in [2.45, 2.75) is 15.2 Å². The Morgan fingerprint density at radius 2 is 1.00 bits per heavy atom. The monoisotopic (exact) mass is 655 g/mol. The normalized spacial score (nSPS) is 13.3. The lowest BCUT2D eigenvalue weighted by Crippen LogP contribution is -2.32. The quantitative estimate of drug-likeness (QED) is 0.189. The van der Waals surface area contributed by atoms with Crippen LogP contribution in [-0.4, -0.2) is 15.0 Å². The van der Waals surface area contributed by atoms with E-state index >= 15 is 0 Å². The van der Waals surface area contributed by atoms with Crippen molar-refractivity contribution in [2.75, 3.05) is 0 Å². The molecule has 0 N–H and O–H groups in total. The van der Waals surface area contributed by atoms with Crippen LogP contribution in [0.2, 0.25) is 0 Å². The van der Waals surface area contributed by atoms with Gasteiger partial charge in [-0.1, -0.05) is 139 Å². The lowest BCUT2D eigenvalue weighted by atomic mass is 9.67. The average Bonchev–Trinajstić information content (AvgIpc) is 3.49. The summed E-state index contributed by atoms with van der Waals surface area (Å²) in [7, 11) is 0. The van der Waals surface area contributed by atoms with Crippen LogP contribution in [0.4, 0.5) is 0 Å². The Hall–Kier alpha value is -6.10. The molecule has 0 unspecified atom stereocenters. The van der Waals surface area contributed by atoms with Gasteiger partial charge in [0.1, 0.15) is 0 Å². The average molecular weight is 656 g/mol. The first-order valence-corrected chi connectivity index (χ1v) is 17.7. The SMILES string of the molecule is c1ccc(-c2cc(-c3ccccn3)nc(-c3cccc(-c4ccc5c(c4)C4(c6ccccc6S5)c5ccccc5-c5ccccc54)c3)n2)cc1. The second-order valence-corrected chi connectivity index (χ2v) is 13.9. The van der Waals surface area contributed by atoms with Crippen LogP contribution in [0, 0.1) is 0 Å². The summed E-state index contributed by atoms with van der Waals surface area (Å²) in [5.41, 5.74) is 14.3. The van der Waals surface area contributed by atoms with E-state index in [-0.39, 0.29) is 0 Å². The first-order valence-electron chi connectivity index (χ1n) is 16.9. The largest absolute Gasteiger partial charge is 0.255 e. The van der Waals surface area contributed by atoms with E-state index in [1.807, 2.05) is 54.2 Å². The van der Waals surface area contributed by atoms with Crippen LogP contribution >= 0.6 is 11.8 Å². The van der Waals surface area contributed by atoms with Crippen molar-refractivity contribution in [2.24, 2.45) is 0 Å². The molecule has 0 amide bonds. The number of aromatic nitrogens is 3. The minimum atomic E-state index is -0.414. The molecular weight excluding hydrogens is 627 g/mol. The molecule has 50 heavy (non-hydrogen) atoms. The van der Waals surface area contributed by atoms with Crippen LogP contribution in [0.15, 0.2) is 186 Å². The highest BCUT2D eigenvalue weighted by molar-refractivity contribution is 7.99. The molecule has 2 aromatic heterocycles. The van der Waals surface area contributed by atoms with Gasteiger partial charge in [0.25, 0.3) is 0 Å². The molecule has 1 aliphatic heterocycles. The summed E-state index contributed by atoms with van der Waals surface area (Å²) < 4.78 is 0. The standard InChI is InChI=1S/C46H29N3S/c1-2-13-30(14-3-1)41-29-42(40-22-10-11-26-47-40)49-45(48-41)33-16-12-15-31(27-33)32-24-25-44-39(28-32)46(38-21-8-9-23-43(38)50-44)36-19-6-4-17-34(36)35-18-5-7-20-37(35)46/h1-29H. The molecule has 0 atom stereocenters. The van der Waals surface area contributed by atoms with E-state index in [0.29, 0.717) is 5.82 Å². The molecule has 6 aromatic carbocycles. The topological polar surface area (TPSA) is 38.7 Å². The molecule has 0 bridgehead atoms. The van der Waals surface area contributed by atoms with Gasteiger partial charge >= 0.3 is 0 Å². The molecule has 1 aliphatic carbocycles. The third kappa shape index (κ3) is 4.42. The van der Waals surface area contributed by atoms with E-state index in [9.17, 15) is 0 Å². The second-order valence-electron chi connectivity index (χ2n) is 12.8. The highest BCUT2D eigenvalue weighted by Crippen LogP contribution is 2.62. The van der Waals surface area contributed by atoms with Gasteiger partial charge in [-0.3, -0.25) is 4.98 Å². The molecule has 234 valence electrons. The van der Waals surface area contributed by atoms with Gasteiger partial charge in [0.05, 0.1) is 22.5 Å². The van der Waals surface area contributed by atoms with E-state index in [0.717, 1.165) is 39.3 Å². The molecule has 1 spiro atoms. The Kier molecular flexibility index (Phi) is 6.64. The lowest BCUT2D eigenvalue weighted by molar-refractivity contribution is 0.723. The highest BCUT2D eigenvalue weighted by atomic mass is 32.2. The summed E-state index contributed by atoms with van der Waals surface area (Å²) in [4.78, 5) is 17.4. The number of rotatable bonds is 4. The maximum Gasteiger partial charge on any atom is 0.160 e. The Morgan fingerprint density at radius 1 is 0.380 bits per heavy atom. The molecule has 4 heteroatoms. The molecule has 0 fully saturated rings. The van der Waals surface area contributed by atoms with Crippen molar-refractivity contribution in [1.82, 2.24) is 15.0 Å². The van der Waals surface area contributed by atoms with Crippen molar-refractivity contribution >= 4 is 11.8 Å². The maximum absolute atomic E-state index is 5.10. The van der Waals surface area contributed by atoms with Gasteiger partial charge in [0.15, 0.2) is 5.82 Å². The van der Waals surface area contributed by atoms with Crippen LogP contribution in [0.3, 0.4) is 0 Å². The minimum absolute atomic E-state index is 0.414. The molecule has 0 radical (unpaired) electrons. The Labute approximate surface area is 295 Å². The molecule has 10 rings (SSSR count). The van der Waals surface area contributed by atoms with Crippen LogP contribution in [0.1, 0.15) is 22.3 Å². The summed E-state index contributed by atoms with van der Waals surface area (Å²) in [5.74, 6) is 0.673. The van der Waals surface area contributed by atoms with Gasteiger partial charge in [-0.05, 0) is 87.0 Å². The number of fused-ring (bicyclic) bond motifs is 9. The fourth-order valence-corrected chi connectivity index (χ4v) is 9.03. The number of benzene rings is 6. The summed E-state index contributed by atoms with van der Waals surface area (Å²) in [5, 5.41) is 0. The molecule has 8 aromatic rings. The second kappa shape index (κ2) is 11.5. The summed E-state index contributed by atoms with van der Waals surface area (Å²) in [6.07, 6.45) is 1.81. The molecule has 0 saturated carbocycles. The van der Waals surface area contributed by atoms with Gasteiger partial charge in [0, 0.05) is 27.1 Å². The van der Waals surface area contributed by atoms with Gasteiger partial charge < -0.3 is 0 Å². The smallest absolute Gasteiger partial charge is 0.160 e. The van der Waals surface area contributed by atoms with Gasteiger partial charge in [-0.2, -0.15) is 0 Å². The predicted molar refractivity (Wildman–Crippen MR) is 203 cm³/mol. The third-order valence-corrected chi connectivity index (χ3v) is 11.2. The number of pyridine rings is 1. The summed E-state index contributed by atoms with van der Waals surface area (Å²) in [6, 6.07) is 60.7. The van der Waals surface area contributed by atoms with E-state index < -0.39 is 5.41 Å². The first kappa shape index (κ1) is 28.9. The van der Waals surface area contributed by atoms with Gasteiger partial charge in [0.2, 0.25) is 0 Å². The molecular formula is C46H29N3S. The number of hydrogen-bond donors (Lipinski definition) is 0. The molecule has 2 aliphatic rings. The third-order valence-electron chi connectivity index (χ3n) is 10.0. The van der Waals surface area contributed by atoms with Crippen molar-refractivity contribution in [3.63, 3.8) is 0 Å². The Bertz CT molecular complexity index is 2480. The number of nitrogens with zero attached hydrogens (tertiary/aromatic N) is 3. The van der Waals surface area contributed by atoms with Crippen LogP contribution in [0.5, 0.6) is 0 Å². The first-order chi connectivity index (χ1) is 24.8. The Morgan fingerprint density at radius 3 is 1.78 bits per heavy atom. The lowest BCUT2D eigenvalue weighted by Gasteiger charge is -2.40. The zero-order valence-corrected chi connectivity index (χ0v) is 27.8. The van der Waals surface area contributed by atoms with E-state index in [2.05, 4.69) is 132 Å². The number of hydrogen-bond acceptors (Lipinski definition) is 4. The summed E-state index contributed by atoms with van der Waals surface area (Å²) >= 11 is 1.87. The Balaban J connectivity index is 1.15. The fraction of sp³-hybridized carbons (Fsp3) is 0.0217. The molecule has 3 heterocycles. The van der Waals surface area contributed by atoms with Crippen LogP contribution in [0.25, 0.3) is 56.3 Å². The minimum Gasteiger partial charge on any atom is -0.255 e. The van der Waals surface area contributed by atoms with Crippen LogP contribution < -0.4 is 0 Å². The van der Waals surface area contributed by atoms with Crippen molar-refractivity contribution in [3.8, 4) is 56.3 Å². The maximum atomic E-state index is 5.10. The zero-order valence-electron chi connectivity index (χ0n) is 27.0. The van der Waals surface area contributed by atoms with E-state index in [4.69, 9.17) is 9.97 Å². The molecule has 3 nitrogen and oxygen atoms in total. The van der Waals surface area contributed by atoms with Gasteiger partial charge in [-0.15, -0.1) is 0 Å². The highest BCUT2D eigenvalue weighted by Gasteiger charge is 2.50. The van der Waals surface area contributed by atoms with Crippen molar-refractivity contribution < 1.29 is 0 Å². The van der Waals surface area contributed by atoms with E-state index in [1.165, 1.54) is 43.2 Å². The van der Waals surface area contributed by atoms with Gasteiger partial charge in [-0.25, -0.2) is 9.97 Å². The van der Waals surface area contributed by atoms with E-state index in [1.54, 1.807) is 6.20 Å². The molecule has 0 saturated heterocycles. The predicted octanol–water partition coefficient (Wildman–Crippen LogP) is 11.4. The van der Waals surface area contributed by atoms with Crippen LogP contribution in [-0.2, 0) is 5.41 Å². The zero-order chi connectivity index (χ0) is 33.1. The van der Waals surface area contributed by atoms with Crippen molar-refractivity contribution in [3.05, 3.63) is 198 Å². The van der Waals surface area contributed by atoms with Crippen molar-refractivity contribution in [1.29, 1.82) is 0 Å². The summed E-state index contributed by atoms with van der Waals surface area (Å²) in [6.45, 7) is 0.